The fourth-order valence-corrected chi connectivity index (χ4v) is 5.17. The fourth-order valence-electron chi connectivity index (χ4n) is 5.17. The standard InChI is InChI=1S/C26H24F3N5O/c1-4-15-12-17-23(32-33(3)25(17)14-10-18(27)22(29)19(28)11-14)21(5-2)34(15)26(35)24-16-8-6-7-9-20(16)30-13-31-24/h6-11,13,15,21H,4-5,12H2,1-3H3. The van der Waals surface area contributed by atoms with Crippen LogP contribution in [0, 0.1) is 17.5 Å². The van der Waals surface area contributed by atoms with Crippen LogP contribution < -0.4 is 0 Å². The van der Waals surface area contributed by atoms with Crippen molar-refractivity contribution < 1.29 is 18.0 Å². The summed E-state index contributed by atoms with van der Waals surface area (Å²) in [4.78, 5) is 24.3. The Morgan fingerprint density at radius 2 is 1.77 bits per heavy atom. The first kappa shape index (κ1) is 23.0. The smallest absolute Gasteiger partial charge is 0.274 e. The van der Waals surface area contributed by atoms with Crippen LogP contribution in [0.4, 0.5) is 13.2 Å². The third-order valence-electron chi connectivity index (χ3n) is 6.76. The highest BCUT2D eigenvalue weighted by molar-refractivity contribution is 6.04. The zero-order valence-electron chi connectivity index (χ0n) is 19.6. The van der Waals surface area contributed by atoms with Crippen LogP contribution >= 0.6 is 0 Å². The highest BCUT2D eigenvalue weighted by Crippen LogP contribution is 2.41. The van der Waals surface area contributed by atoms with Crippen molar-refractivity contribution in [3.63, 3.8) is 0 Å². The van der Waals surface area contributed by atoms with Crippen LogP contribution in [0.1, 0.15) is 54.5 Å². The summed E-state index contributed by atoms with van der Waals surface area (Å²) in [5.41, 5.74) is 3.23. The molecule has 0 spiro atoms. The number of carbonyl (C=O) groups excluding carboxylic acids is 1. The van der Waals surface area contributed by atoms with Gasteiger partial charge in [0.15, 0.2) is 17.5 Å². The lowest BCUT2D eigenvalue weighted by Gasteiger charge is -2.41. The van der Waals surface area contributed by atoms with Crippen molar-refractivity contribution in [2.45, 2.75) is 45.2 Å². The second-order valence-corrected chi connectivity index (χ2v) is 8.73. The van der Waals surface area contributed by atoms with Crippen molar-refractivity contribution in [2.24, 2.45) is 7.05 Å². The van der Waals surface area contributed by atoms with E-state index in [4.69, 9.17) is 0 Å². The van der Waals surface area contributed by atoms with E-state index in [1.807, 2.05) is 43.0 Å². The van der Waals surface area contributed by atoms with Gasteiger partial charge in [0, 0.05) is 29.6 Å². The van der Waals surface area contributed by atoms with Gasteiger partial charge in [0.05, 0.1) is 22.9 Å². The van der Waals surface area contributed by atoms with E-state index in [-0.39, 0.29) is 23.6 Å². The molecule has 0 aliphatic carbocycles. The van der Waals surface area contributed by atoms with Gasteiger partial charge in [-0.25, -0.2) is 23.1 Å². The number of nitrogens with zero attached hydrogens (tertiary/aromatic N) is 5. The average molecular weight is 480 g/mol. The SMILES string of the molecule is CCC1Cc2c(nn(C)c2-c2cc(F)c(F)c(F)c2)C(CC)N1C(=O)c1ncnc2ccccc12. The van der Waals surface area contributed by atoms with E-state index < -0.39 is 17.5 Å². The lowest BCUT2D eigenvalue weighted by Crippen LogP contribution is -2.47. The van der Waals surface area contributed by atoms with Gasteiger partial charge in [0.1, 0.15) is 12.0 Å². The first-order chi connectivity index (χ1) is 16.8. The van der Waals surface area contributed by atoms with Crippen molar-refractivity contribution in [1.29, 1.82) is 0 Å². The molecule has 2 atom stereocenters. The monoisotopic (exact) mass is 479 g/mol. The molecule has 0 bridgehead atoms. The summed E-state index contributed by atoms with van der Waals surface area (Å²) in [6, 6.07) is 8.80. The van der Waals surface area contributed by atoms with Gasteiger partial charge >= 0.3 is 0 Å². The maximum atomic E-state index is 14.1. The van der Waals surface area contributed by atoms with Crippen molar-refractivity contribution in [1.82, 2.24) is 24.6 Å². The number of rotatable bonds is 4. The van der Waals surface area contributed by atoms with Crippen LogP contribution in [-0.2, 0) is 13.5 Å². The molecule has 0 fully saturated rings. The van der Waals surface area contributed by atoms with Gasteiger partial charge < -0.3 is 4.90 Å². The summed E-state index contributed by atoms with van der Waals surface area (Å²) >= 11 is 0. The van der Waals surface area contributed by atoms with Gasteiger partial charge in [-0.15, -0.1) is 0 Å². The Morgan fingerprint density at radius 3 is 2.46 bits per heavy atom. The van der Waals surface area contributed by atoms with Crippen LogP contribution in [0.3, 0.4) is 0 Å². The first-order valence-corrected chi connectivity index (χ1v) is 11.6. The van der Waals surface area contributed by atoms with Gasteiger partial charge in [-0.2, -0.15) is 5.10 Å². The summed E-state index contributed by atoms with van der Waals surface area (Å²) in [6.07, 6.45) is 3.08. The molecule has 2 aromatic heterocycles. The number of hydrogen-bond acceptors (Lipinski definition) is 4. The highest BCUT2D eigenvalue weighted by atomic mass is 19.2. The number of para-hydroxylation sites is 1. The zero-order valence-corrected chi connectivity index (χ0v) is 19.6. The van der Waals surface area contributed by atoms with Crippen LogP contribution in [0.5, 0.6) is 0 Å². The quantitative estimate of drug-likeness (QED) is 0.369. The van der Waals surface area contributed by atoms with Gasteiger partial charge in [-0.1, -0.05) is 32.0 Å². The fraction of sp³-hybridized carbons (Fsp3) is 0.308. The van der Waals surface area contributed by atoms with E-state index in [9.17, 15) is 18.0 Å². The molecule has 6 nitrogen and oxygen atoms in total. The number of aryl methyl sites for hydroxylation is 1. The van der Waals surface area contributed by atoms with E-state index in [2.05, 4.69) is 15.1 Å². The molecule has 35 heavy (non-hydrogen) atoms. The summed E-state index contributed by atoms with van der Waals surface area (Å²) in [6.45, 7) is 3.96. The highest BCUT2D eigenvalue weighted by Gasteiger charge is 2.41. The van der Waals surface area contributed by atoms with Crippen molar-refractivity contribution in [3.8, 4) is 11.3 Å². The summed E-state index contributed by atoms with van der Waals surface area (Å²) in [5, 5.41) is 5.35. The third kappa shape index (κ3) is 3.66. The molecule has 9 heteroatoms. The third-order valence-corrected chi connectivity index (χ3v) is 6.76. The molecular weight excluding hydrogens is 455 g/mol. The van der Waals surface area contributed by atoms with Gasteiger partial charge in [-0.3, -0.25) is 9.48 Å². The number of amides is 1. The molecule has 1 aliphatic rings. The van der Waals surface area contributed by atoms with Crippen molar-refractivity contribution in [3.05, 3.63) is 77.1 Å². The lowest BCUT2D eigenvalue weighted by atomic mass is 9.87. The number of benzene rings is 2. The Bertz CT molecular complexity index is 1420. The van der Waals surface area contributed by atoms with Gasteiger partial charge in [-0.05, 0) is 37.5 Å². The van der Waals surface area contributed by atoms with Crippen molar-refractivity contribution >= 4 is 16.8 Å². The number of fused-ring (bicyclic) bond motifs is 2. The molecule has 5 rings (SSSR count). The zero-order chi connectivity index (χ0) is 24.9. The predicted molar refractivity (Wildman–Crippen MR) is 125 cm³/mol. The second-order valence-electron chi connectivity index (χ2n) is 8.73. The molecule has 4 aromatic rings. The summed E-state index contributed by atoms with van der Waals surface area (Å²) in [5.74, 6) is -4.22. The Balaban J connectivity index is 1.64. The minimum Gasteiger partial charge on any atom is -0.325 e. The largest absolute Gasteiger partial charge is 0.325 e. The average Bonchev–Trinajstić information content (AvgIpc) is 3.20. The molecular formula is C26H24F3N5O. The number of hydrogen-bond donors (Lipinski definition) is 0. The Hall–Kier alpha value is -3.75. The molecule has 180 valence electrons. The Morgan fingerprint density at radius 1 is 1.06 bits per heavy atom. The molecule has 2 aromatic carbocycles. The molecule has 0 N–H and O–H groups in total. The van der Waals surface area contributed by atoms with Gasteiger partial charge in [0.2, 0.25) is 0 Å². The molecule has 2 unspecified atom stereocenters. The van der Waals surface area contributed by atoms with E-state index >= 15 is 0 Å². The molecule has 1 amide bonds. The Kier molecular flexibility index (Phi) is 5.78. The maximum absolute atomic E-state index is 14.1. The van der Waals surface area contributed by atoms with Crippen LogP contribution in [-0.4, -0.2) is 36.6 Å². The Labute approximate surface area is 200 Å². The molecule has 0 saturated carbocycles. The molecule has 1 aliphatic heterocycles. The van der Waals surface area contributed by atoms with E-state index in [1.54, 1.807) is 11.7 Å². The minimum atomic E-state index is -1.50. The van der Waals surface area contributed by atoms with Crippen LogP contribution in [0.2, 0.25) is 0 Å². The van der Waals surface area contributed by atoms with E-state index in [0.717, 1.165) is 17.7 Å². The van der Waals surface area contributed by atoms with Crippen LogP contribution in [0.15, 0.2) is 42.7 Å². The predicted octanol–water partition coefficient (Wildman–Crippen LogP) is 5.38. The normalized spacial score (nSPS) is 17.6. The van der Waals surface area contributed by atoms with Crippen LogP contribution in [0.25, 0.3) is 22.2 Å². The van der Waals surface area contributed by atoms with Crippen molar-refractivity contribution in [2.75, 3.05) is 0 Å². The number of aromatic nitrogens is 4. The minimum absolute atomic E-state index is 0.188. The van der Waals surface area contributed by atoms with E-state index in [0.29, 0.717) is 47.2 Å². The number of carbonyl (C=O) groups is 1. The topological polar surface area (TPSA) is 63.9 Å². The summed E-state index contributed by atoms with van der Waals surface area (Å²) < 4.78 is 43.3. The second kappa shape index (κ2) is 8.79. The van der Waals surface area contributed by atoms with Gasteiger partial charge in [0.25, 0.3) is 5.91 Å². The summed E-state index contributed by atoms with van der Waals surface area (Å²) in [7, 11) is 1.69. The number of halogens is 3. The van der Waals surface area contributed by atoms with E-state index in [1.165, 1.54) is 6.33 Å². The lowest BCUT2D eigenvalue weighted by molar-refractivity contribution is 0.0509. The maximum Gasteiger partial charge on any atom is 0.274 e. The first-order valence-electron chi connectivity index (χ1n) is 11.6. The molecule has 0 saturated heterocycles. The molecule has 3 heterocycles. The molecule has 0 radical (unpaired) electrons.